The lowest BCUT2D eigenvalue weighted by atomic mass is 10.1. The van der Waals surface area contributed by atoms with Gasteiger partial charge in [-0.15, -0.1) is 0 Å². The first-order valence-corrected chi connectivity index (χ1v) is 12.7. The van der Waals surface area contributed by atoms with Crippen molar-refractivity contribution >= 4 is 27.6 Å². The minimum Gasteiger partial charge on any atom is -0.443 e. The molecule has 0 radical (unpaired) electrons. The number of ether oxygens (including phenoxy) is 1. The standard InChI is InChI=1S/C24H33N5O4S/c1-4-5-18-6-12-22(13-7-18)34(31,32)28(3)15-14-27(2)16-21-17-29(24(30)33-21)20-10-8-19(9-11-20)23(25)26/h6-13,21H,4-5,14-17H2,1-3H3,(H3,25,26). The third kappa shape index (κ3) is 6.13. The number of benzene rings is 2. The number of nitrogens with one attached hydrogen (secondary N) is 1. The van der Waals surface area contributed by atoms with Crippen LogP contribution in [0, 0.1) is 5.41 Å². The number of carbonyl (C=O) groups excluding carboxylic acids is 1. The molecule has 10 heteroatoms. The summed E-state index contributed by atoms with van der Waals surface area (Å²) in [5.41, 5.74) is 7.87. The van der Waals surface area contributed by atoms with E-state index in [1.807, 2.05) is 24.1 Å². The Hall–Kier alpha value is -2.95. The van der Waals surface area contributed by atoms with Gasteiger partial charge in [0.25, 0.3) is 0 Å². The molecule has 0 spiro atoms. The topological polar surface area (TPSA) is 120 Å². The fourth-order valence-corrected chi connectivity index (χ4v) is 4.98. The summed E-state index contributed by atoms with van der Waals surface area (Å²) >= 11 is 0. The van der Waals surface area contributed by atoms with Gasteiger partial charge in [0.15, 0.2) is 0 Å². The molecule has 34 heavy (non-hydrogen) atoms. The number of carbonyl (C=O) groups is 1. The first-order valence-electron chi connectivity index (χ1n) is 11.3. The molecule has 9 nitrogen and oxygen atoms in total. The Morgan fingerprint density at radius 2 is 1.76 bits per heavy atom. The van der Waals surface area contributed by atoms with Crippen LogP contribution in [-0.2, 0) is 21.2 Å². The maximum atomic E-state index is 12.9. The molecule has 1 heterocycles. The van der Waals surface area contributed by atoms with Gasteiger partial charge in [0, 0.05) is 37.9 Å². The number of cyclic esters (lactones) is 1. The molecule has 1 unspecified atom stereocenters. The van der Waals surface area contributed by atoms with E-state index in [0.717, 1.165) is 18.4 Å². The molecule has 3 N–H and O–H groups in total. The Kier molecular flexibility index (Phi) is 8.29. The first-order chi connectivity index (χ1) is 16.1. The normalized spacial score (nSPS) is 16.3. The summed E-state index contributed by atoms with van der Waals surface area (Å²) < 4.78 is 32.6. The van der Waals surface area contributed by atoms with Gasteiger partial charge in [-0.1, -0.05) is 25.5 Å². The molecule has 0 aliphatic carbocycles. The van der Waals surface area contributed by atoms with E-state index < -0.39 is 16.1 Å². The number of sulfonamides is 1. The monoisotopic (exact) mass is 487 g/mol. The van der Waals surface area contributed by atoms with Crippen LogP contribution in [0.2, 0.25) is 0 Å². The summed E-state index contributed by atoms with van der Waals surface area (Å²) in [4.78, 5) is 16.1. The van der Waals surface area contributed by atoms with Crippen molar-refractivity contribution in [2.24, 2.45) is 5.73 Å². The van der Waals surface area contributed by atoms with Crippen LogP contribution in [0.5, 0.6) is 0 Å². The number of anilines is 1. The minimum atomic E-state index is -3.57. The second-order valence-corrected chi connectivity index (χ2v) is 10.6. The molecule has 1 saturated heterocycles. The Balaban J connectivity index is 1.51. The van der Waals surface area contributed by atoms with E-state index in [0.29, 0.717) is 37.4 Å². The Labute approximate surface area is 201 Å². The number of nitrogens with two attached hydrogens (primary N) is 1. The number of hydrogen-bond acceptors (Lipinski definition) is 6. The highest BCUT2D eigenvalue weighted by atomic mass is 32.2. The van der Waals surface area contributed by atoms with Crippen molar-refractivity contribution in [1.82, 2.24) is 9.21 Å². The second-order valence-electron chi connectivity index (χ2n) is 8.56. The third-order valence-corrected chi connectivity index (χ3v) is 7.72. The number of amides is 1. The van der Waals surface area contributed by atoms with Gasteiger partial charge in [0.05, 0.1) is 11.4 Å². The molecule has 0 saturated carbocycles. The summed E-state index contributed by atoms with van der Waals surface area (Å²) in [6.45, 7) is 3.76. The number of likely N-dealkylation sites (N-methyl/N-ethyl adjacent to an activating group) is 2. The van der Waals surface area contributed by atoms with Crippen LogP contribution in [-0.4, -0.2) is 75.9 Å². The van der Waals surface area contributed by atoms with Crippen molar-refractivity contribution < 1.29 is 17.9 Å². The zero-order valence-electron chi connectivity index (χ0n) is 19.9. The van der Waals surface area contributed by atoms with E-state index in [-0.39, 0.29) is 16.8 Å². The van der Waals surface area contributed by atoms with Crippen LogP contribution in [0.1, 0.15) is 24.5 Å². The van der Waals surface area contributed by atoms with Gasteiger partial charge >= 0.3 is 6.09 Å². The fourth-order valence-electron chi connectivity index (χ4n) is 3.82. The summed E-state index contributed by atoms with van der Waals surface area (Å²) in [6.07, 6.45) is 1.17. The fraction of sp³-hybridized carbons (Fsp3) is 0.417. The van der Waals surface area contributed by atoms with E-state index in [2.05, 4.69) is 6.92 Å². The minimum absolute atomic E-state index is 0.0319. The quantitative estimate of drug-likeness (QED) is 0.371. The molecule has 184 valence electrons. The summed E-state index contributed by atoms with van der Waals surface area (Å²) in [6, 6.07) is 13.9. The van der Waals surface area contributed by atoms with Gasteiger partial charge in [0.1, 0.15) is 11.9 Å². The molecule has 0 bridgehead atoms. The lowest BCUT2D eigenvalue weighted by Crippen LogP contribution is -2.38. The lowest BCUT2D eigenvalue weighted by molar-refractivity contribution is 0.116. The van der Waals surface area contributed by atoms with E-state index in [9.17, 15) is 13.2 Å². The Morgan fingerprint density at radius 1 is 1.12 bits per heavy atom. The van der Waals surface area contributed by atoms with Crippen molar-refractivity contribution in [3.63, 3.8) is 0 Å². The van der Waals surface area contributed by atoms with Gasteiger partial charge in [-0.3, -0.25) is 10.3 Å². The van der Waals surface area contributed by atoms with Gasteiger partial charge in [0.2, 0.25) is 10.0 Å². The largest absolute Gasteiger partial charge is 0.443 e. The molecule has 2 aromatic rings. The highest BCUT2D eigenvalue weighted by Gasteiger charge is 2.33. The Bertz CT molecular complexity index is 1100. The van der Waals surface area contributed by atoms with Gasteiger partial charge in [-0.05, 0) is 55.4 Å². The average molecular weight is 488 g/mol. The molecular weight excluding hydrogens is 454 g/mol. The van der Waals surface area contributed by atoms with Crippen LogP contribution in [0.25, 0.3) is 0 Å². The smallest absolute Gasteiger partial charge is 0.414 e. The molecule has 1 aliphatic rings. The first kappa shape index (κ1) is 25.7. The molecule has 2 aromatic carbocycles. The number of hydrogen-bond donors (Lipinski definition) is 2. The molecule has 1 atom stereocenters. The molecule has 3 rings (SSSR count). The maximum Gasteiger partial charge on any atom is 0.414 e. The second kappa shape index (κ2) is 11.0. The van der Waals surface area contributed by atoms with Crippen LogP contribution in [0.15, 0.2) is 53.4 Å². The summed E-state index contributed by atoms with van der Waals surface area (Å²) in [5.74, 6) is -0.0319. The molecular formula is C24H33N5O4S. The van der Waals surface area contributed by atoms with Gasteiger partial charge in [-0.2, -0.15) is 4.31 Å². The van der Waals surface area contributed by atoms with E-state index >= 15 is 0 Å². The van der Waals surface area contributed by atoms with E-state index in [1.54, 1.807) is 48.3 Å². The zero-order valence-corrected chi connectivity index (χ0v) is 20.7. The lowest BCUT2D eigenvalue weighted by Gasteiger charge is -2.23. The summed E-state index contributed by atoms with van der Waals surface area (Å²) in [5, 5.41) is 7.47. The average Bonchev–Trinajstić information content (AvgIpc) is 3.17. The van der Waals surface area contributed by atoms with Crippen molar-refractivity contribution in [3.05, 3.63) is 59.7 Å². The number of aryl methyl sites for hydroxylation is 1. The van der Waals surface area contributed by atoms with Crippen molar-refractivity contribution in [1.29, 1.82) is 5.41 Å². The molecule has 0 aromatic heterocycles. The number of nitrogen functional groups attached to an aromatic ring is 1. The SMILES string of the molecule is CCCc1ccc(S(=O)(=O)N(C)CCN(C)CC2CN(c3ccc(C(=N)N)cc3)C(=O)O2)cc1. The van der Waals surface area contributed by atoms with Crippen molar-refractivity contribution in [3.8, 4) is 0 Å². The molecule has 1 aliphatic heterocycles. The Morgan fingerprint density at radius 3 is 2.35 bits per heavy atom. The molecule has 1 amide bonds. The highest BCUT2D eigenvalue weighted by Crippen LogP contribution is 2.22. The number of rotatable bonds is 11. The van der Waals surface area contributed by atoms with Crippen LogP contribution < -0.4 is 10.6 Å². The van der Waals surface area contributed by atoms with E-state index in [4.69, 9.17) is 15.9 Å². The van der Waals surface area contributed by atoms with Crippen molar-refractivity contribution in [2.45, 2.75) is 30.8 Å². The van der Waals surface area contributed by atoms with E-state index in [1.165, 1.54) is 4.31 Å². The predicted molar refractivity (Wildman–Crippen MR) is 133 cm³/mol. The van der Waals surface area contributed by atoms with Crippen LogP contribution in [0.3, 0.4) is 0 Å². The van der Waals surface area contributed by atoms with Gasteiger partial charge < -0.3 is 15.4 Å². The van der Waals surface area contributed by atoms with Crippen molar-refractivity contribution in [2.75, 3.05) is 45.2 Å². The predicted octanol–water partition coefficient (Wildman–Crippen LogP) is 2.50. The van der Waals surface area contributed by atoms with Crippen LogP contribution >= 0.6 is 0 Å². The maximum absolute atomic E-state index is 12.9. The molecule has 1 fully saturated rings. The summed E-state index contributed by atoms with van der Waals surface area (Å²) in [7, 11) is -0.120. The number of nitrogens with zero attached hydrogens (tertiary/aromatic N) is 3. The third-order valence-electron chi connectivity index (χ3n) is 5.85. The zero-order chi connectivity index (χ0) is 24.9. The van der Waals surface area contributed by atoms with Gasteiger partial charge in [-0.25, -0.2) is 13.2 Å². The number of amidine groups is 1. The van der Waals surface area contributed by atoms with Crippen LogP contribution in [0.4, 0.5) is 10.5 Å². The highest BCUT2D eigenvalue weighted by molar-refractivity contribution is 7.89.